The molecule has 0 radical (unpaired) electrons. The van der Waals surface area contributed by atoms with Gasteiger partial charge in [0.25, 0.3) is 0 Å². The molecule has 2 N–H and O–H groups in total. The summed E-state index contributed by atoms with van der Waals surface area (Å²) in [6.45, 7) is 1.07. The zero-order valence-corrected chi connectivity index (χ0v) is 18.5. The molecule has 166 valence electrons. The van der Waals surface area contributed by atoms with Crippen LogP contribution in [0.15, 0.2) is 53.4 Å². The van der Waals surface area contributed by atoms with Crippen LogP contribution in [-0.4, -0.2) is 49.1 Å². The summed E-state index contributed by atoms with van der Waals surface area (Å²) in [5.41, 5.74) is 0.968. The summed E-state index contributed by atoms with van der Waals surface area (Å²) in [7, 11) is -3.51. The van der Waals surface area contributed by atoms with Crippen LogP contribution in [0.5, 0.6) is 0 Å². The second-order valence-corrected chi connectivity index (χ2v) is 10.0. The number of carbonyl (C=O) groups is 2. The summed E-state index contributed by atoms with van der Waals surface area (Å²) in [5, 5.41) is 5.31. The van der Waals surface area contributed by atoms with E-state index in [1.165, 1.54) is 40.7 Å². The first-order chi connectivity index (χ1) is 14.8. The Kier molecular flexibility index (Phi) is 8.05. The van der Waals surface area contributed by atoms with E-state index in [0.29, 0.717) is 24.5 Å². The topological polar surface area (TPSA) is 95.6 Å². The Hall–Kier alpha value is -2.43. The first-order valence-corrected chi connectivity index (χ1v) is 12.5. The first-order valence-electron chi connectivity index (χ1n) is 9.88. The van der Waals surface area contributed by atoms with Crippen molar-refractivity contribution in [1.29, 1.82) is 0 Å². The molecule has 0 atom stereocenters. The number of anilines is 2. The predicted molar refractivity (Wildman–Crippen MR) is 120 cm³/mol. The second-order valence-electron chi connectivity index (χ2n) is 7.09. The molecule has 3 rings (SSSR count). The lowest BCUT2D eigenvalue weighted by atomic mass is 10.2. The van der Waals surface area contributed by atoms with Crippen molar-refractivity contribution in [3.8, 4) is 0 Å². The Bertz CT molecular complexity index is 1010. The van der Waals surface area contributed by atoms with Crippen LogP contribution in [0.2, 0.25) is 0 Å². The second kappa shape index (κ2) is 10.7. The number of benzene rings is 2. The number of nitrogens with one attached hydrogen (secondary N) is 2. The Morgan fingerprint density at radius 1 is 0.839 bits per heavy atom. The van der Waals surface area contributed by atoms with Crippen molar-refractivity contribution >= 4 is 45.0 Å². The van der Waals surface area contributed by atoms with Crippen LogP contribution < -0.4 is 10.6 Å². The zero-order chi connectivity index (χ0) is 22.3. The van der Waals surface area contributed by atoms with Crippen LogP contribution in [0, 0.1) is 5.82 Å². The first kappa shape index (κ1) is 23.2. The van der Waals surface area contributed by atoms with E-state index in [-0.39, 0.29) is 34.0 Å². The molecule has 2 amide bonds. The quantitative estimate of drug-likeness (QED) is 0.624. The standard InChI is InChI=1S/C21H24FN3O4S2/c22-16-4-6-17(7-5-16)23-20(26)14-30-15-21(27)24-18-8-10-19(11-9-18)31(28,29)25-12-2-1-3-13-25/h4-11H,1-3,12-15H2,(H,23,26)(H,24,27). The number of thioether (sulfide) groups is 1. The fraction of sp³-hybridized carbons (Fsp3) is 0.333. The maximum atomic E-state index is 12.9. The normalized spacial score (nSPS) is 14.7. The average Bonchev–Trinajstić information content (AvgIpc) is 2.76. The van der Waals surface area contributed by atoms with Gasteiger partial charge in [-0.3, -0.25) is 9.59 Å². The summed E-state index contributed by atoms with van der Waals surface area (Å²) in [6.07, 6.45) is 2.78. The van der Waals surface area contributed by atoms with Crippen molar-refractivity contribution in [3.63, 3.8) is 0 Å². The van der Waals surface area contributed by atoms with Crippen molar-refractivity contribution in [2.45, 2.75) is 24.2 Å². The molecule has 10 heteroatoms. The van der Waals surface area contributed by atoms with E-state index in [1.807, 2.05) is 0 Å². The fourth-order valence-corrected chi connectivity index (χ4v) is 5.26. The van der Waals surface area contributed by atoms with Crippen LogP contribution in [-0.2, 0) is 19.6 Å². The highest BCUT2D eigenvalue weighted by molar-refractivity contribution is 8.00. The highest BCUT2D eigenvalue weighted by Crippen LogP contribution is 2.22. The van der Waals surface area contributed by atoms with Gasteiger partial charge in [-0.25, -0.2) is 12.8 Å². The molecule has 1 aliphatic rings. The van der Waals surface area contributed by atoms with Gasteiger partial charge in [-0.1, -0.05) is 6.42 Å². The highest BCUT2D eigenvalue weighted by Gasteiger charge is 2.25. The van der Waals surface area contributed by atoms with Gasteiger partial charge >= 0.3 is 0 Å². The van der Waals surface area contributed by atoms with Gasteiger partial charge in [-0.15, -0.1) is 11.8 Å². The third-order valence-corrected chi connectivity index (χ3v) is 7.53. The Balaban J connectivity index is 1.44. The lowest BCUT2D eigenvalue weighted by molar-refractivity contribution is -0.114. The molecule has 0 saturated carbocycles. The van der Waals surface area contributed by atoms with Crippen molar-refractivity contribution in [2.24, 2.45) is 0 Å². The molecule has 1 heterocycles. The number of rotatable bonds is 8. The molecule has 0 aromatic heterocycles. The number of amides is 2. The Labute approximate surface area is 185 Å². The lowest BCUT2D eigenvalue weighted by Crippen LogP contribution is -2.35. The van der Waals surface area contributed by atoms with Crippen LogP contribution in [0.1, 0.15) is 19.3 Å². The maximum absolute atomic E-state index is 12.9. The number of sulfonamides is 1. The van der Waals surface area contributed by atoms with E-state index in [2.05, 4.69) is 10.6 Å². The molecular weight excluding hydrogens is 441 g/mol. The smallest absolute Gasteiger partial charge is 0.243 e. The zero-order valence-electron chi connectivity index (χ0n) is 16.8. The third kappa shape index (κ3) is 6.78. The van der Waals surface area contributed by atoms with Gasteiger partial charge in [0.2, 0.25) is 21.8 Å². The average molecular weight is 466 g/mol. The molecule has 1 fully saturated rings. The summed E-state index contributed by atoms with van der Waals surface area (Å²) >= 11 is 1.14. The van der Waals surface area contributed by atoms with Gasteiger partial charge in [0, 0.05) is 24.5 Å². The third-order valence-electron chi connectivity index (χ3n) is 4.69. The SMILES string of the molecule is O=C(CSCC(=O)Nc1ccc(S(=O)(=O)N2CCCCC2)cc1)Nc1ccc(F)cc1. The largest absolute Gasteiger partial charge is 0.325 e. The predicted octanol–water partition coefficient (Wildman–Crippen LogP) is 3.31. The molecule has 2 aromatic carbocycles. The number of piperidine rings is 1. The summed E-state index contributed by atoms with van der Waals surface area (Å²) in [6, 6.07) is 11.5. The van der Waals surface area contributed by atoms with E-state index >= 15 is 0 Å². The van der Waals surface area contributed by atoms with E-state index < -0.39 is 10.0 Å². The molecule has 1 aliphatic heterocycles. The molecule has 0 aliphatic carbocycles. The lowest BCUT2D eigenvalue weighted by Gasteiger charge is -2.25. The maximum Gasteiger partial charge on any atom is 0.243 e. The van der Waals surface area contributed by atoms with Gasteiger partial charge in [0.1, 0.15) is 5.82 Å². The molecule has 31 heavy (non-hydrogen) atoms. The number of hydrogen-bond acceptors (Lipinski definition) is 5. The molecule has 0 bridgehead atoms. The van der Waals surface area contributed by atoms with Crippen LogP contribution in [0.3, 0.4) is 0 Å². The van der Waals surface area contributed by atoms with Gasteiger partial charge in [0.05, 0.1) is 16.4 Å². The molecule has 0 unspecified atom stereocenters. The number of carbonyl (C=O) groups excluding carboxylic acids is 2. The monoisotopic (exact) mass is 465 g/mol. The van der Waals surface area contributed by atoms with E-state index in [9.17, 15) is 22.4 Å². The van der Waals surface area contributed by atoms with Crippen molar-refractivity contribution in [2.75, 3.05) is 35.2 Å². The van der Waals surface area contributed by atoms with Gasteiger partial charge in [-0.05, 0) is 61.4 Å². The van der Waals surface area contributed by atoms with Crippen molar-refractivity contribution in [3.05, 3.63) is 54.3 Å². The van der Waals surface area contributed by atoms with Crippen molar-refractivity contribution in [1.82, 2.24) is 4.31 Å². The number of nitrogens with zero attached hydrogens (tertiary/aromatic N) is 1. The van der Waals surface area contributed by atoms with Crippen molar-refractivity contribution < 1.29 is 22.4 Å². The van der Waals surface area contributed by atoms with Crippen LogP contribution >= 0.6 is 11.8 Å². The minimum absolute atomic E-state index is 0.0602. The minimum Gasteiger partial charge on any atom is -0.325 e. The van der Waals surface area contributed by atoms with Gasteiger partial charge < -0.3 is 10.6 Å². The molecule has 1 saturated heterocycles. The van der Waals surface area contributed by atoms with E-state index in [4.69, 9.17) is 0 Å². The Morgan fingerprint density at radius 3 is 1.84 bits per heavy atom. The number of hydrogen-bond donors (Lipinski definition) is 2. The van der Waals surface area contributed by atoms with E-state index in [1.54, 1.807) is 12.1 Å². The van der Waals surface area contributed by atoms with Crippen LogP contribution in [0.25, 0.3) is 0 Å². The number of halogens is 1. The van der Waals surface area contributed by atoms with Crippen LogP contribution in [0.4, 0.5) is 15.8 Å². The van der Waals surface area contributed by atoms with Gasteiger partial charge in [-0.2, -0.15) is 4.31 Å². The summed E-state index contributed by atoms with van der Waals surface area (Å²) < 4.78 is 39.7. The highest BCUT2D eigenvalue weighted by atomic mass is 32.2. The molecule has 7 nitrogen and oxygen atoms in total. The summed E-state index contributed by atoms with van der Waals surface area (Å²) in [5.74, 6) is -0.855. The fourth-order valence-electron chi connectivity index (χ4n) is 3.13. The minimum atomic E-state index is -3.51. The van der Waals surface area contributed by atoms with Gasteiger partial charge in [0.15, 0.2) is 0 Å². The Morgan fingerprint density at radius 2 is 1.32 bits per heavy atom. The van der Waals surface area contributed by atoms with E-state index in [0.717, 1.165) is 31.0 Å². The molecular formula is C21H24FN3O4S2. The molecule has 0 spiro atoms. The summed E-state index contributed by atoms with van der Waals surface area (Å²) in [4.78, 5) is 24.2. The molecule has 2 aromatic rings.